The van der Waals surface area contributed by atoms with E-state index in [1.54, 1.807) is 12.1 Å². The van der Waals surface area contributed by atoms with Crippen LogP contribution in [-0.4, -0.2) is 29.3 Å². The molecule has 104 valence electrons. The lowest BCUT2D eigenvalue weighted by atomic mass is 9.96. The fourth-order valence-corrected chi connectivity index (χ4v) is 2.03. The molecule has 0 heterocycles. The highest BCUT2D eigenvalue weighted by Crippen LogP contribution is 2.23. The van der Waals surface area contributed by atoms with Crippen molar-refractivity contribution in [2.75, 3.05) is 7.11 Å². The van der Waals surface area contributed by atoms with Gasteiger partial charge in [0, 0.05) is 11.8 Å². The first-order valence-electron chi connectivity index (χ1n) is 5.65. The van der Waals surface area contributed by atoms with Crippen molar-refractivity contribution in [2.45, 2.75) is 24.3 Å². The number of rotatable bonds is 6. The Bertz CT molecular complexity index is 472. The number of carboxylic acid groups (broad SMARTS) is 1. The second-order valence-electron chi connectivity index (χ2n) is 3.98. The third-order valence-corrected chi connectivity index (χ3v) is 3.37. The number of aliphatic carboxylic acids is 1. The second-order valence-corrected chi connectivity index (χ2v) is 4.54. The summed E-state index contributed by atoms with van der Waals surface area (Å²) >= 11 is 3.27. The predicted molar refractivity (Wildman–Crippen MR) is 72.0 cm³/mol. The summed E-state index contributed by atoms with van der Waals surface area (Å²) in [6.45, 7) is 0. The van der Waals surface area contributed by atoms with Crippen LogP contribution in [0.1, 0.15) is 29.2 Å². The van der Waals surface area contributed by atoms with Gasteiger partial charge in [-0.3, -0.25) is 4.79 Å². The van der Waals surface area contributed by atoms with Gasteiger partial charge in [0.25, 0.3) is 0 Å². The number of carbonyl (C=O) groups excluding carboxylic acids is 1. The molecule has 0 spiro atoms. The topological polar surface area (TPSA) is 83.8 Å². The Morgan fingerprint density at radius 2 is 2.11 bits per heavy atom. The number of hydrogen-bond donors (Lipinski definition) is 2. The number of aryl methyl sites for hydroxylation is 1. The molecular weight excluding hydrogens is 316 g/mol. The molecule has 19 heavy (non-hydrogen) atoms. The van der Waals surface area contributed by atoms with Gasteiger partial charge in [-0.25, -0.2) is 4.79 Å². The van der Waals surface area contributed by atoms with Crippen molar-refractivity contribution in [2.24, 2.45) is 0 Å². The lowest BCUT2D eigenvalue weighted by molar-refractivity contribution is -0.147. The van der Waals surface area contributed by atoms with Crippen LogP contribution in [0.15, 0.2) is 18.2 Å². The Morgan fingerprint density at radius 1 is 1.42 bits per heavy atom. The van der Waals surface area contributed by atoms with Gasteiger partial charge in [-0.15, -0.1) is 0 Å². The van der Waals surface area contributed by atoms with E-state index in [0.717, 1.165) is 5.56 Å². The molecule has 0 amide bonds. The molecule has 0 fully saturated rings. The van der Waals surface area contributed by atoms with E-state index in [1.165, 1.54) is 7.11 Å². The minimum Gasteiger partial charge on any atom is -0.479 e. The molecule has 5 nitrogen and oxygen atoms in total. The second kappa shape index (κ2) is 7.25. The molecule has 6 heteroatoms. The first kappa shape index (κ1) is 15.7. The quantitative estimate of drug-likeness (QED) is 0.613. The SMILES string of the molecule is COC(=O)CCc1ccc(CBr)cc1C(O)C(=O)O. The number of carbonyl (C=O) groups is 2. The summed E-state index contributed by atoms with van der Waals surface area (Å²) in [5, 5.41) is 19.1. The highest BCUT2D eigenvalue weighted by molar-refractivity contribution is 9.08. The molecule has 1 atom stereocenters. The number of halogens is 1. The van der Waals surface area contributed by atoms with Gasteiger partial charge in [0.1, 0.15) is 0 Å². The van der Waals surface area contributed by atoms with Gasteiger partial charge in [-0.05, 0) is 23.1 Å². The van der Waals surface area contributed by atoms with Gasteiger partial charge < -0.3 is 14.9 Å². The molecule has 0 bridgehead atoms. The largest absolute Gasteiger partial charge is 0.479 e. The maximum atomic E-state index is 11.1. The molecule has 2 N–H and O–H groups in total. The van der Waals surface area contributed by atoms with Crippen LogP contribution in [0.25, 0.3) is 0 Å². The number of benzene rings is 1. The van der Waals surface area contributed by atoms with E-state index in [0.29, 0.717) is 22.9 Å². The summed E-state index contributed by atoms with van der Waals surface area (Å²) in [4.78, 5) is 22.0. The van der Waals surface area contributed by atoms with Crippen LogP contribution in [0.4, 0.5) is 0 Å². The van der Waals surface area contributed by atoms with E-state index < -0.39 is 12.1 Å². The average Bonchev–Trinajstić information content (AvgIpc) is 2.43. The normalized spacial score (nSPS) is 11.9. The van der Waals surface area contributed by atoms with E-state index in [1.807, 2.05) is 6.07 Å². The van der Waals surface area contributed by atoms with Crippen molar-refractivity contribution < 1.29 is 24.5 Å². The molecule has 1 rings (SSSR count). The molecule has 0 aromatic heterocycles. The minimum atomic E-state index is -1.59. The summed E-state index contributed by atoms with van der Waals surface area (Å²) in [6.07, 6.45) is -1.12. The number of methoxy groups -OCH3 is 1. The Hall–Kier alpha value is -1.40. The van der Waals surface area contributed by atoms with Crippen molar-refractivity contribution in [3.8, 4) is 0 Å². The van der Waals surface area contributed by atoms with Gasteiger partial charge in [-0.1, -0.05) is 34.1 Å². The van der Waals surface area contributed by atoms with Crippen molar-refractivity contribution in [1.82, 2.24) is 0 Å². The molecule has 0 aliphatic rings. The highest BCUT2D eigenvalue weighted by atomic mass is 79.9. The van der Waals surface area contributed by atoms with Crippen LogP contribution in [0, 0.1) is 0 Å². The predicted octanol–water partition coefficient (Wildman–Crippen LogP) is 1.81. The van der Waals surface area contributed by atoms with Crippen molar-refractivity contribution in [3.05, 3.63) is 34.9 Å². The van der Waals surface area contributed by atoms with Crippen LogP contribution >= 0.6 is 15.9 Å². The summed E-state index contributed by atoms with van der Waals surface area (Å²) in [6, 6.07) is 5.17. The number of carboxylic acids is 1. The van der Waals surface area contributed by atoms with Crippen LogP contribution in [0.5, 0.6) is 0 Å². The maximum Gasteiger partial charge on any atom is 0.337 e. The standard InChI is InChI=1S/C13H15BrO5/c1-19-11(15)5-4-9-3-2-8(7-14)6-10(9)12(16)13(17)18/h2-3,6,12,16H,4-5,7H2,1H3,(H,17,18). The smallest absolute Gasteiger partial charge is 0.337 e. The van der Waals surface area contributed by atoms with Crippen LogP contribution in [-0.2, 0) is 26.1 Å². The van der Waals surface area contributed by atoms with E-state index in [-0.39, 0.29) is 12.4 Å². The van der Waals surface area contributed by atoms with Crippen molar-refractivity contribution in [1.29, 1.82) is 0 Å². The van der Waals surface area contributed by atoms with Gasteiger partial charge in [-0.2, -0.15) is 0 Å². The monoisotopic (exact) mass is 330 g/mol. The van der Waals surface area contributed by atoms with Crippen molar-refractivity contribution in [3.63, 3.8) is 0 Å². The van der Waals surface area contributed by atoms with Gasteiger partial charge in [0.05, 0.1) is 7.11 Å². The molecule has 0 aliphatic heterocycles. The fourth-order valence-electron chi connectivity index (χ4n) is 1.68. The van der Waals surface area contributed by atoms with E-state index in [2.05, 4.69) is 20.7 Å². The Labute approximate surface area is 119 Å². The average molecular weight is 331 g/mol. The molecule has 0 saturated carbocycles. The Balaban J connectivity index is 3.01. The fraction of sp³-hybridized carbons (Fsp3) is 0.385. The van der Waals surface area contributed by atoms with Gasteiger partial charge in [0.2, 0.25) is 0 Å². The summed E-state index contributed by atoms with van der Waals surface area (Å²) in [5.74, 6) is -1.69. The number of hydrogen-bond acceptors (Lipinski definition) is 4. The van der Waals surface area contributed by atoms with E-state index in [9.17, 15) is 14.7 Å². The van der Waals surface area contributed by atoms with Crippen LogP contribution in [0.3, 0.4) is 0 Å². The van der Waals surface area contributed by atoms with Gasteiger partial charge in [0.15, 0.2) is 6.10 Å². The molecule has 1 unspecified atom stereocenters. The maximum absolute atomic E-state index is 11.1. The Morgan fingerprint density at radius 3 is 2.63 bits per heavy atom. The molecule has 0 saturated heterocycles. The van der Waals surface area contributed by atoms with Crippen LogP contribution < -0.4 is 0 Å². The third kappa shape index (κ3) is 4.33. The zero-order chi connectivity index (χ0) is 14.4. The van der Waals surface area contributed by atoms with Crippen LogP contribution in [0.2, 0.25) is 0 Å². The molecule has 1 aromatic rings. The highest BCUT2D eigenvalue weighted by Gasteiger charge is 2.20. The number of aliphatic hydroxyl groups excluding tert-OH is 1. The molecule has 1 aromatic carbocycles. The third-order valence-electron chi connectivity index (χ3n) is 2.72. The lowest BCUT2D eigenvalue weighted by Gasteiger charge is -2.13. The summed E-state index contributed by atoms with van der Waals surface area (Å²) in [7, 11) is 1.29. The molecule has 0 radical (unpaired) electrons. The Kier molecular flexibility index (Phi) is 5.98. The molecule has 0 aliphatic carbocycles. The molecular formula is C13H15BrO5. The summed E-state index contributed by atoms with van der Waals surface area (Å²) in [5.41, 5.74) is 1.80. The number of aliphatic hydroxyl groups is 1. The minimum absolute atomic E-state index is 0.142. The zero-order valence-corrected chi connectivity index (χ0v) is 12.0. The lowest BCUT2D eigenvalue weighted by Crippen LogP contribution is -2.14. The van der Waals surface area contributed by atoms with Crippen molar-refractivity contribution >= 4 is 27.9 Å². The number of esters is 1. The first-order chi connectivity index (χ1) is 8.99. The zero-order valence-electron chi connectivity index (χ0n) is 10.4. The van der Waals surface area contributed by atoms with Gasteiger partial charge >= 0.3 is 11.9 Å². The number of alkyl halides is 1. The summed E-state index contributed by atoms with van der Waals surface area (Å²) < 4.78 is 4.54. The number of ether oxygens (including phenoxy) is 1. The van der Waals surface area contributed by atoms with E-state index in [4.69, 9.17) is 5.11 Å². The van der Waals surface area contributed by atoms with E-state index >= 15 is 0 Å². The first-order valence-corrected chi connectivity index (χ1v) is 6.77.